The number of anilines is 2. The number of benzene rings is 3. The molecule has 44 heavy (non-hydrogen) atoms. The molecule has 3 N–H and O–H groups in total. The normalized spacial score (nSPS) is 28.5. The summed E-state index contributed by atoms with van der Waals surface area (Å²) in [5.41, 5.74) is 1.29. The molecule has 6 rings (SSSR count). The molecule has 0 aliphatic carbocycles. The maximum absolute atomic E-state index is 14.6. The van der Waals surface area contributed by atoms with Gasteiger partial charge < -0.3 is 25.4 Å². The zero-order valence-corrected chi connectivity index (χ0v) is 26.5. The number of ether oxygens (including phenoxy) is 1. The SMILES string of the molecule is CCOc1ccc(NC(=O)[C@@H]2[C@@H]3CC(C)C4(S3)C(C(=O)Nc3ccc5ccccc5c3)N([C@@H](CO)[C@@H](C)CC)C(=O)[C@H]24)cc1. The minimum absolute atomic E-state index is 0.0228. The number of carbonyl (C=O) groups excluding carboxylic acids is 3. The van der Waals surface area contributed by atoms with E-state index in [0.717, 1.165) is 29.4 Å². The van der Waals surface area contributed by atoms with Crippen LogP contribution >= 0.6 is 11.8 Å². The summed E-state index contributed by atoms with van der Waals surface area (Å²) in [5.74, 6) is -1.25. The van der Waals surface area contributed by atoms with E-state index in [1.165, 1.54) is 0 Å². The molecule has 1 spiro atoms. The van der Waals surface area contributed by atoms with Crippen molar-refractivity contribution in [1.29, 1.82) is 0 Å². The van der Waals surface area contributed by atoms with Gasteiger partial charge in [0, 0.05) is 16.6 Å². The lowest BCUT2D eigenvalue weighted by molar-refractivity contribution is -0.142. The predicted molar refractivity (Wildman–Crippen MR) is 175 cm³/mol. The molecular formula is C35H41N3O5S. The number of nitrogens with zero attached hydrogens (tertiary/aromatic N) is 1. The minimum atomic E-state index is -0.828. The van der Waals surface area contributed by atoms with Gasteiger partial charge in [-0.25, -0.2) is 0 Å². The van der Waals surface area contributed by atoms with Crippen molar-refractivity contribution in [3.8, 4) is 5.75 Å². The molecule has 9 heteroatoms. The summed E-state index contributed by atoms with van der Waals surface area (Å²) >= 11 is 1.63. The van der Waals surface area contributed by atoms with Gasteiger partial charge in [-0.1, -0.05) is 57.5 Å². The molecule has 8 nitrogen and oxygen atoms in total. The second-order valence-corrected chi connectivity index (χ2v) is 14.0. The number of hydrogen-bond acceptors (Lipinski definition) is 6. The first-order valence-electron chi connectivity index (χ1n) is 15.7. The number of thioether (sulfide) groups is 1. The Hall–Kier alpha value is -3.56. The van der Waals surface area contributed by atoms with Crippen molar-refractivity contribution in [3.63, 3.8) is 0 Å². The highest BCUT2D eigenvalue weighted by molar-refractivity contribution is 8.02. The highest BCUT2D eigenvalue weighted by Crippen LogP contribution is 2.69. The number of aliphatic hydroxyl groups excluding tert-OH is 1. The lowest BCUT2D eigenvalue weighted by atomic mass is 9.66. The summed E-state index contributed by atoms with van der Waals surface area (Å²) in [4.78, 5) is 44.6. The molecule has 3 fully saturated rings. The number of amides is 3. The third-order valence-electron chi connectivity index (χ3n) is 10.0. The summed E-state index contributed by atoms with van der Waals surface area (Å²) in [5, 5.41) is 18.8. The molecule has 0 radical (unpaired) electrons. The number of hydrogen-bond donors (Lipinski definition) is 3. The van der Waals surface area contributed by atoms with Gasteiger partial charge in [0.1, 0.15) is 11.8 Å². The highest BCUT2D eigenvalue weighted by atomic mass is 32.2. The van der Waals surface area contributed by atoms with Gasteiger partial charge in [-0.15, -0.1) is 11.8 Å². The largest absolute Gasteiger partial charge is 0.494 e. The van der Waals surface area contributed by atoms with Crippen LogP contribution in [0.15, 0.2) is 66.7 Å². The molecule has 3 amide bonds. The van der Waals surface area contributed by atoms with Crippen LogP contribution in [-0.2, 0) is 14.4 Å². The number of rotatable bonds is 10. The fraction of sp³-hybridized carbons (Fsp3) is 0.457. The molecule has 8 atom stereocenters. The van der Waals surface area contributed by atoms with Gasteiger partial charge >= 0.3 is 0 Å². The molecule has 232 valence electrons. The van der Waals surface area contributed by atoms with Gasteiger partial charge in [-0.05, 0) is 72.4 Å². The van der Waals surface area contributed by atoms with E-state index in [1.807, 2.05) is 75.4 Å². The van der Waals surface area contributed by atoms with Crippen LogP contribution in [0, 0.1) is 23.7 Å². The van der Waals surface area contributed by atoms with Gasteiger partial charge in [-0.3, -0.25) is 14.4 Å². The van der Waals surface area contributed by atoms with Crippen molar-refractivity contribution in [3.05, 3.63) is 66.7 Å². The Morgan fingerprint density at radius 1 is 1.02 bits per heavy atom. The second kappa shape index (κ2) is 12.1. The van der Waals surface area contributed by atoms with E-state index in [4.69, 9.17) is 4.74 Å². The molecule has 3 saturated heterocycles. The molecular weight excluding hydrogens is 574 g/mol. The topological polar surface area (TPSA) is 108 Å². The lowest BCUT2D eigenvalue weighted by Crippen LogP contribution is -2.58. The number of aliphatic hydroxyl groups is 1. The summed E-state index contributed by atoms with van der Waals surface area (Å²) < 4.78 is 4.75. The smallest absolute Gasteiger partial charge is 0.248 e. The van der Waals surface area contributed by atoms with Crippen molar-refractivity contribution in [2.45, 2.75) is 62.6 Å². The van der Waals surface area contributed by atoms with Crippen LogP contribution in [0.3, 0.4) is 0 Å². The predicted octanol–water partition coefficient (Wildman–Crippen LogP) is 5.56. The van der Waals surface area contributed by atoms with Gasteiger partial charge in [0.15, 0.2) is 0 Å². The van der Waals surface area contributed by atoms with Crippen LogP contribution in [0.2, 0.25) is 0 Å². The first-order chi connectivity index (χ1) is 21.2. The number of carbonyl (C=O) groups is 3. The molecule has 2 bridgehead atoms. The Morgan fingerprint density at radius 3 is 2.39 bits per heavy atom. The van der Waals surface area contributed by atoms with E-state index >= 15 is 0 Å². The number of likely N-dealkylation sites (tertiary alicyclic amines) is 1. The van der Waals surface area contributed by atoms with Crippen molar-refractivity contribution in [2.75, 3.05) is 23.8 Å². The average Bonchev–Trinajstić information content (AvgIpc) is 3.62. The maximum atomic E-state index is 14.6. The second-order valence-electron chi connectivity index (χ2n) is 12.4. The third kappa shape index (κ3) is 4.94. The van der Waals surface area contributed by atoms with Crippen LogP contribution in [0.5, 0.6) is 5.75 Å². The van der Waals surface area contributed by atoms with Crippen LogP contribution in [-0.4, -0.2) is 63.0 Å². The van der Waals surface area contributed by atoms with Crippen LogP contribution in [0.4, 0.5) is 11.4 Å². The molecule has 3 unspecified atom stereocenters. The highest BCUT2D eigenvalue weighted by Gasteiger charge is 2.76. The lowest BCUT2D eigenvalue weighted by Gasteiger charge is -2.41. The first kappa shape index (κ1) is 30.5. The van der Waals surface area contributed by atoms with Crippen molar-refractivity contribution in [1.82, 2.24) is 4.90 Å². The van der Waals surface area contributed by atoms with E-state index in [0.29, 0.717) is 18.0 Å². The zero-order valence-electron chi connectivity index (χ0n) is 25.7. The Labute approximate surface area is 262 Å². The Bertz CT molecular complexity index is 1560. The van der Waals surface area contributed by atoms with Gasteiger partial charge in [0.2, 0.25) is 17.7 Å². The fourth-order valence-electron chi connectivity index (χ4n) is 7.73. The maximum Gasteiger partial charge on any atom is 0.248 e. The molecule has 3 aromatic rings. The third-order valence-corrected chi connectivity index (χ3v) is 12.1. The number of nitrogens with one attached hydrogen (secondary N) is 2. The molecule has 0 saturated carbocycles. The Balaban J connectivity index is 1.36. The minimum Gasteiger partial charge on any atom is -0.494 e. The van der Waals surface area contributed by atoms with Crippen LogP contribution in [0.25, 0.3) is 10.8 Å². The zero-order chi connectivity index (χ0) is 31.2. The van der Waals surface area contributed by atoms with E-state index in [1.54, 1.807) is 28.8 Å². The van der Waals surface area contributed by atoms with Gasteiger partial charge in [-0.2, -0.15) is 0 Å². The van der Waals surface area contributed by atoms with Crippen molar-refractivity contribution in [2.24, 2.45) is 23.7 Å². The molecule has 3 heterocycles. The summed E-state index contributed by atoms with van der Waals surface area (Å²) in [6, 6.07) is 19.6. The quantitative estimate of drug-likeness (QED) is 0.276. The summed E-state index contributed by atoms with van der Waals surface area (Å²) in [7, 11) is 0. The number of fused-ring (bicyclic) bond motifs is 2. The summed E-state index contributed by atoms with van der Waals surface area (Å²) in [6.45, 7) is 8.34. The average molecular weight is 616 g/mol. The molecule has 3 aliphatic heterocycles. The Kier molecular flexibility index (Phi) is 8.37. The standard InChI is InChI=1S/C35H41N3O5S/c1-5-20(3)27(19-39)38-31(33(41)37-25-12-11-22-9-7-8-10-23(22)18-25)35-21(4)17-28(44-35)29(30(35)34(38)42)32(40)36-24-13-15-26(16-14-24)43-6-2/h7-16,18,20-21,27-31,39H,5-6,17,19H2,1-4H3,(H,36,40)(H,37,41)/t20-,21?,27-,28-,29+,30-,31?,35?/m0/s1. The fourth-order valence-corrected chi connectivity index (χ4v) is 10.1. The van der Waals surface area contributed by atoms with Crippen molar-refractivity contribution >= 4 is 51.6 Å². The van der Waals surface area contributed by atoms with Crippen LogP contribution < -0.4 is 15.4 Å². The Morgan fingerprint density at radius 2 is 1.70 bits per heavy atom. The van der Waals surface area contributed by atoms with E-state index in [9.17, 15) is 19.5 Å². The van der Waals surface area contributed by atoms with Crippen molar-refractivity contribution < 1.29 is 24.2 Å². The molecule has 0 aromatic heterocycles. The first-order valence-corrected chi connectivity index (χ1v) is 16.6. The summed E-state index contributed by atoms with van der Waals surface area (Å²) in [6.07, 6.45) is 1.47. The van der Waals surface area contributed by atoms with E-state index < -0.39 is 28.7 Å². The van der Waals surface area contributed by atoms with E-state index in [2.05, 4.69) is 17.6 Å². The van der Waals surface area contributed by atoms with Gasteiger partial charge in [0.05, 0.1) is 35.8 Å². The monoisotopic (exact) mass is 615 g/mol. The molecule has 3 aliphatic rings. The molecule has 3 aromatic carbocycles. The van der Waals surface area contributed by atoms with Crippen LogP contribution in [0.1, 0.15) is 40.5 Å². The van der Waals surface area contributed by atoms with Gasteiger partial charge in [0.25, 0.3) is 0 Å². The van der Waals surface area contributed by atoms with E-state index in [-0.39, 0.29) is 41.4 Å².